The van der Waals surface area contributed by atoms with Crippen LogP contribution in [0.2, 0.25) is 5.02 Å². The van der Waals surface area contributed by atoms with E-state index in [1.54, 1.807) is 50.4 Å². The van der Waals surface area contributed by atoms with Crippen molar-refractivity contribution in [2.24, 2.45) is 5.92 Å². The molecule has 8 heteroatoms. The number of nitrogens with zero attached hydrogens (tertiary/aromatic N) is 1. The summed E-state index contributed by atoms with van der Waals surface area (Å²) in [6, 6.07) is 10.1. The first-order valence-electron chi connectivity index (χ1n) is 9.45. The number of aryl methyl sites for hydroxylation is 1. The molecule has 0 aliphatic carbocycles. The van der Waals surface area contributed by atoms with Crippen molar-refractivity contribution in [1.29, 1.82) is 0 Å². The Labute approximate surface area is 176 Å². The largest absolute Gasteiger partial charge is 0.496 e. The molecule has 1 saturated heterocycles. The molecule has 1 unspecified atom stereocenters. The van der Waals surface area contributed by atoms with E-state index in [1.165, 1.54) is 4.31 Å². The fourth-order valence-corrected chi connectivity index (χ4v) is 5.30. The van der Waals surface area contributed by atoms with Crippen LogP contribution < -0.4 is 10.1 Å². The fourth-order valence-electron chi connectivity index (χ4n) is 3.51. The summed E-state index contributed by atoms with van der Waals surface area (Å²) in [5, 5.41) is 3.47. The average Bonchev–Trinajstić information content (AvgIpc) is 2.71. The highest BCUT2D eigenvalue weighted by molar-refractivity contribution is 7.89. The molecule has 2 aromatic rings. The van der Waals surface area contributed by atoms with Crippen molar-refractivity contribution >= 4 is 33.2 Å². The summed E-state index contributed by atoms with van der Waals surface area (Å²) < 4.78 is 32.8. The number of sulfonamides is 1. The van der Waals surface area contributed by atoms with E-state index in [2.05, 4.69) is 5.32 Å². The number of rotatable bonds is 5. The molecular formula is C21H25ClN2O4S. The third kappa shape index (κ3) is 4.57. The summed E-state index contributed by atoms with van der Waals surface area (Å²) in [6.45, 7) is 4.19. The van der Waals surface area contributed by atoms with Gasteiger partial charge in [-0.05, 0) is 68.1 Å². The lowest BCUT2D eigenvalue weighted by atomic mass is 9.98. The smallest absolute Gasteiger partial charge is 0.243 e. The minimum absolute atomic E-state index is 0.152. The van der Waals surface area contributed by atoms with Gasteiger partial charge in [-0.3, -0.25) is 4.79 Å². The first-order valence-corrected chi connectivity index (χ1v) is 11.3. The molecule has 1 aliphatic heterocycles. The summed E-state index contributed by atoms with van der Waals surface area (Å²) in [5.41, 5.74) is 2.18. The minimum Gasteiger partial charge on any atom is -0.496 e. The molecule has 0 bridgehead atoms. The van der Waals surface area contributed by atoms with E-state index in [0.29, 0.717) is 35.8 Å². The van der Waals surface area contributed by atoms with Crippen LogP contribution in [0.25, 0.3) is 0 Å². The molecule has 1 atom stereocenters. The van der Waals surface area contributed by atoms with Crippen LogP contribution in [0, 0.1) is 19.8 Å². The molecule has 1 aliphatic rings. The Morgan fingerprint density at radius 1 is 1.24 bits per heavy atom. The van der Waals surface area contributed by atoms with Gasteiger partial charge in [0, 0.05) is 23.8 Å². The third-order valence-electron chi connectivity index (χ3n) is 5.28. The number of piperidine rings is 1. The van der Waals surface area contributed by atoms with E-state index in [9.17, 15) is 13.2 Å². The molecule has 0 saturated carbocycles. The summed E-state index contributed by atoms with van der Waals surface area (Å²) in [5.74, 6) is 0.0224. The molecule has 0 radical (unpaired) electrons. The first-order chi connectivity index (χ1) is 13.7. The van der Waals surface area contributed by atoms with Crippen molar-refractivity contribution in [1.82, 2.24) is 4.31 Å². The lowest BCUT2D eigenvalue weighted by Gasteiger charge is -2.31. The number of carbonyl (C=O) groups excluding carboxylic acids is 1. The maximum Gasteiger partial charge on any atom is 0.243 e. The number of anilines is 1. The number of methoxy groups -OCH3 is 1. The van der Waals surface area contributed by atoms with E-state index in [0.717, 1.165) is 11.1 Å². The van der Waals surface area contributed by atoms with Crippen LogP contribution >= 0.6 is 11.6 Å². The first kappa shape index (κ1) is 21.6. The second-order valence-corrected chi connectivity index (χ2v) is 9.58. The Balaban J connectivity index is 1.76. The molecule has 1 heterocycles. The fraction of sp³-hybridized carbons (Fsp3) is 0.381. The van der Waals surface area contributed by atoms with E-state index >= 15 is 0 Å². The molecule has 1 N–H and O–H groups in total. The number of benzene rings is 2. The molecule has 0 aromatic heterocycles. The van der Waals surface area contributed by atoms with Crippen LogP contribution in [0.3, 0.4) is 0 Å². The molecule has 6 nitrogen and oxygen atoms in total. The highest BCUT2D eigenvalue weighted by atomic mass is 35.5. The van der Waals surface area contributed by atoms with E-state index < -0.39 is 15.9 Å². The van der Waals surface area contributed by atoms with Gasteiger partial charge in [0.1, 0.15) is 5.75 Å². The van der Waals surface area contributed by atoms with Crippen LogP contribution in [0.1, 0.15) is 24.0 Å². The standard InChI is InChI=1S/C21H25ClN2O4S/c1-14-12-17(9-10-20(14)28-3)29(26,27)24-11-5-6-16(13-24)21(25)23-19-8-4-7-18(22)15(19)2/h4,7-10,12,16H,5-6,11,13H2,1-3H3,(H,23,25). The van der Waals surface area contributed by atoms with Crippen molar-refractivity contribution in [3.63, 3.8) is 0 Å². The van der Waals surface area contributed by atoms with Gasteiger partial charge in [-0.25, -0.2) is 8.42 Å². The van der Waals surface area contributed by atoms with E-state index in [-0.39, 0.29) is 17.3 Å². The zero-order valence-electron chi connectivity index (χ0n) is 16.7. The molecule has 0 spiro atoms. The third-order valence-corrected chi connectivity index (χ3v) is 7.56. The Morgan fingerprint density at radius 3 is 2.69 bits per heavy atom. The highest BCUT2D eigenvalue weighted by Gasteiger charge is 2.33. The number of hydrogen-bond acceptors (Lipinski definition) is 4. The Bertz CT molecular complexity index is 1020. The lowest BCUT2D eigenvalue weighted by Crippen LogP contribution is -2.43. The summed E-state index contributed by atoms with van der Waals surface area (Å²) in [4.78, 5) is 13.0. The SMILES string of the molecule is COc1ccc(S(=O)(=O)N2CCCC(C(=O)Nc3cccc(Cl)c3C)C2)cc1C. The predicted molar refractivity (Wildman–Crippen MR) is 114 cm³/mol. The summed E-state index contributed by atoms with van der Waals surface area (Å²) in [7, 11) is -2.14. The molecule has 156 valence electrons. The molecular weight excluding hydrogens is 412 g/mol. The molecule has 29 heavy (non-hydrogen) atoms. The second-order valence-electron chi connectivity index (χ2n) is 7.24. The minimum atomic E-state index is -3.69. The van der Waals surface area contributed by atoms with Crippen molar-refractivity contribution in [3.8, 4) is 5.75 Å². The normalized spacial score (nSPS) is 17.7. The van der Waals surface area contributed by atoms with Gasteiger partial charge < -0.3 is 10.1 Å². The quantitative estimate of drug-likeness (QED) is 0.768. The second kappa shape index (κ2) is 8.73. The Morgan fingerprint density at radius 2 is 2.00 bits per heavy atom. The van der Waals surface area contributed by atoms with Gasteiger partial charge in [0.2, 0.25) is 15.9 Å². The number of nitrogens with one attached hydrogen (secondary N) is 1. The van der Waals surface area contributed by atoms with Crippen LogP contribution in [-0.2, 0) is 14.8 Å². The summed E-state index contributed by atoms with van der Waals surface area (Å²) >= 11 is 6.12. The van der Waals surface area contributed by atoms with Gasteiger partial charge >= 0.3 is 0 Å². The van der Waals surface area contributed by atoms with Crippen molar-refractivity contribution < 1.29 is 17.9 Å². The van der Waals surface area contributed by atoms with Gasteiger partial charge in [0.15, 0.2) is 0 Å². The van der Waals surface area contributed by atoms with Crippen molar-refractivity contribution in [2.45, 2.75) is 31.6 Å². The monoisotopic (exact) mass is 436 g/mol. The zero-order chi connectivity index (χ0) is 21.2. The topological polar surface area (TPSA) is 75.7 Å². The maximum atomic E-state index is 13.1. The summed E-state index contributed by atoms with van der Waals surface area (Å²) in [6.07, 6.45) is 1.26. The number of hydrogen-bond donors (Lipinski definition) is 1. The Hall–Kier alpha value is -2.09. The maximum absolute atomic E-state index is 13.1. The van der Waals surface area contributed by atoms with Gasteiger partial charge in [-0.2, -0.15) is 4.31 Å². The number of ether oxygens (including phenoxy) is 1. The van der Waals surface area contributed by atoms with Gasteiger partial charge in [0.05, 0.1) is 17.9 Å². The van der Waals surface area contributed by atoms with Gasteiger partial charge in [-0.1, -0.05) is 17.7 Å². The van der Waals surface area contributed by atoms with Crippen LogP contribution in [-0.4, -0.2) is 38.8 Å². The number of carbonyl (C=O) groups is 1. The van der Waals surface area contributed by atoms with E-state index in [1.807, 2.05) is 6.92 Å². The van der Waals surface area contributed by atoms with Gasteiger partial charge in [-0.15, -0.1) is 0 Å². The Kier molecular flexibility index (Phi) is 6.51. The van der Waals surface area contributed by atoms with Crippen LogP contribution in [0.4, 0.5) is 5.69 Å². The molecule has 2 aromatic carbocycles. The van der Waals surface area contributed by atoms with Crippen LogP contribution in [0.5, 0.6) is 5.75 Å². The molecule has 1 fully saturated rings. The van der Waals surface area contributed by atoms with E-state index in [4.69, 9.17) is 16.3 Å². The average molecular weight is 437 g/mol. The van der Waals surface area contributed by atoms with Crippen LogP contribution in [0.15, 0.2) is 41.3 Å². The number of halogens is 1. The van der Waals surface area contributed by atoms with Gasteiger partial charge in [0.25, 0.3) is 0 Å². The number of amides is 1. The predicted octanol–water partition coefficient (Wildman–Crippen LogP) is 4.00. The van der Waals surface area contributed by atoms with Crippen molar-refractivity contribution in [2.75, 3.05) is 25.5 Å². The molecule has 1 amide bonds. The highest BCUT2D eigenvalue weighted by Crippen LogP contribution is 2.29. The lowest BCUT2D eigenvalue weighted by molar-refractivity contribution is -0.120. The van der Waals surface area contributed by atoms with Crippen molar-refractivity contribution in [3.05, 3.63) is 52.5 Å². The zero-order valence-corrected chi connectivity index (χ0v) is 18.3. The molecule has 3 rings (SSSR count).